The first-order chi connectivity index (χ1) is 9.61. The molecule has 0 amide bonds. The van der Waals surface area contributed by atoms with Crippen LogP contribution in [0.5, 0.6) is 5.75 Å². The van der Waals surface area contributed by atoms with Crippen LogP contribution < -0.4 is 4.74 Å². The number of benzene rings is 1. The first-order valence-corrected chi connectivity index (χ1v) is 6.02. The minimum atomic E-state index is -0.812. The third kappa shape index (κ3) is 6.51. The summed E-state index contributed by atoms with van der Waals surface area (Å²) in [6, 6.07) is 9.08. The number of carbonyl (C=O) groups is 2. The summed E-state index contributed by atoms with van der Waals surface area (Å²) < 4.78 is 9.65. The highest BCUT2D eigenvalue weighted by molar-refractivity contribution is 5.96. The molecule has 1 unspecified atom stereocenters. The maximum Gasteiger partial charge on any atom is 0.338 e. The Kier molecular flexibility index (Phi) is 6.78. The molecule has 0 saturated heterocycles. The van der Waals surface area contributed by atoms with Gasteiger partial charge in [0, 0.05) is 12.2 Å². The lowest BCUT2D eigenvalue weighted by atomic mass is 10.2. The highest BCUT2D eigenvalue weighted by Gasteiger charge is 2.05. The van der Waals surface area contributed by atoms with Gasteiger partial charge in [0.1, 0.15) is 12.4 Å². The Balaban J connectivity index is 2.25. The van der Waals surface area contributed by atoms with E-state index in [1.165, 1.54) is 6.08 Å². The molecule has 1 aromatic carbocycles. The zero-order chi connectivity index (χ0) is 14.8. The molecule has 0 fully saturated rings. The van der Waals surface area contributed by atoms with Crippen molar-refractivity contribution in [2.24, 2.45) is 0 Å². The number of hydrogen-bond acceptors (Lipinski definition) is 5. The Hall–Kier alpha value is -2.40. The molecule has 20 heavy (non-hydrogen) atoms. The molecular formula is C15H16O5. The predicted molar refractivity (Wildman–Crippen MR) is 73.0 cm³/mol. The van der Waals surface area contributed by atoms with E-state index in [1.807, 2.05) is 18.2 Å². The molecule has 0 bridgehead atoms. The van der Waals surface area contributed by atoms with Crippen molar-refractivity contribution < 1.29 is 24.2 Å². The van der Waals surface area contributed by atoms with E-state index in [1.54, 1.807) is 12.1 Å². The molecule has 0 heterocycles. The summed E-state index contributed by atoms with van der Waals surface area (Å²) in [5.74, 6) is -0.954. The van der Waals surface area contributed by atoms with Gasteiger partial charge in [0.05, 0.1) is 6.10 Å². The highest BCUT2D eigenvalue weighted by atomic mass is 16.6. The Morgan fingerprint density at radius 1 is 1.25 bits per heavy atom. The number of ether oxygens (including phenoxy) is 2. The average Bonchev–Trinajstić information content (AvgIpc) is 2.46. The van der Waals surface area contributed by atoms with Crippen molar-refractivity contribution in [1.82, 2.24) is 0 Å². The largest absolute Gasteiger partial charge is 0.491 e. The van der Waals surface area contributed by atoms with E-state index in [9.17, 15) is 14.7 Å². The van der Waals surface area contributed by atoms with Gasteiger partial charge in [-0.15, -0.1) is 0 Å². The quantitative estimate of drug-likeness (QED) is 0.465. The molecule has 0 aliphatic heterocycles. The molecule has 0 aliphatic rings. The average molecular weight is 276 g/mol. The maximum absolute atomic E-state index is 11.1. The zero-order valence-electron chi connectivity index (χ0n) is 10.9. The molecule has 0 aromatic heterocycles. The third-order valence-electron chi connectivity index (χ3n) is 2.22. The normalized spacial score (nSPS) is 11.8. The number of esters is 2. The maximum atomic E-state index is 11.1. The standard InChI is InChI=1S/C15H16O5/c1-2-14(17)20-15(18)10-6-7-12(16)11-19-13-8-4-3-5-9-13/h2-6,8-10,12,16H,1,7,11H2. The summed E-state index contributed by atoms with van der Waals surface area (Å²) in [6.45, 7) is 3.27. The van der Waals surface area contributed by atoms with Gasteiger partial charge in [-0.1, -0.05) is 30.9 Å². The molecule has 1 rings (SSSR count). The number of aliphatic hydroxyl groups is 1. The second-order valence-electron chi connectivity index (χ2n) is 3.86. The number of carbonyl (C=O) groups excluding carboxylic acids is 2. The summed E-state index contributed by atoms with van der Waals surface area (Å²) in [6.07, 6.45) is 2.85. The van der Waals surface area contributed by atoms with Gasteiger partial charge in [-0.25, -0.2) is 9.59 Å². The monoisotopic (exact) mass is 276 g/mol. The van der Waals surface area contributed by atoms with Crippen LogP contribution >= 0.6 is 0 Å². The number of hydrogen-bond donors (Lipinski definition) is 1. The first kappa shape index (κ1) is 15.7. The van der Waals surface area contributed by atoms with Gasteiger partial charge < -0.3 is 14.6 Å². The van der Waals surface area contributed by atoms with Crippen LogP contribution in [-0.2, 0) is 14.3 Å². The van der Waals surface area contributed by atoms with Crippen molar-refractivity contribution in [2.45, 2.75) is 12.5 Å². The lowest BCUT2D eigenvalue weighted by Crippen LogP contribution is -2.16. The summed E-state index contributed by atoms with van der Waals surface area (Å²) in [4.78, 5) is 21.8. The zero-order valence-corrected chi connectivity index (χ0v) is 10.9. The van der Waals surface area contributed by atoms with Gasteiger partial charge in [-0.3, -0.25) is 0 Å². The minimum Gasteiger partial charge on any atom is -0.491 e. The van der Waals surface area contributed by atoms with E-state index in [-0.39, 0.29) is 13.0 Å². The molecular weight excluding hydrogens is 260 g/mol. The van der Waals surface area contributed by atoms with Crippen LogP contribution in [0, 0.1) is 0 Å². The van der Waals surface area contributed by atoms with Crippen LogP contribution in [0.15, 0.2) is 55.1 Å². The third-order valence-corrected chi connectivity index (χ3v) is 2.22. The van der Waals surface area contributed by atoms with Crippen molar-refractivity contribution >= 4 is 11.9 Å². The van der Waals surface area contributed by atoms with Crippen LogP contribution in [0.4, 0.5) is 0 Å². The van der Waals surface area contributed by atoms with Crippen molar-refractivity contribution in [1.29, 1.82) is 0 Å². The topological polar surface area (TPSA) is 72.8 Å². The van der Waals surface area contributed by atoms with E-state index in [2.05, 4.69) is 11.3 Å². The van der Waals surface area contributed by atoms with Crippen molar-refractivity contribution in [3.63, 3.8) is 0 Å². The highest BCUT2D eigenvalue weighted by Crippen LogP contribution is 2.09. The van der Waals surface area contributed by atoms with Crippen molar-refractivity contribution in [2.75, 3.05) is 6.61 Å². The molecule has 1 atom stereocenters. The van der Waals surface area contributed by atoms with Gasteiger partial charge >= 0.3 is 11.9 Å². The molecule has 5 nitrogen and oxygen atoms in total. The molecule has 0 radical (unpaired) electrons. The predicted octanol–water partition coefficient (Wildman–Crippen LogP) is 1.63. The minimum absolute atomic E-state index is 0.106. The van der Waals surface area contributed by atoms with Gasteiger partial charge in [0.15, 0.2) is 0 Å². The van der Waals surface area contributed by atoms with Crippen LogP contribution in [0.2, 0.25) is 0 Å². The second-order valence-corrected chi connectivity index (χ2v) is 3.86. The summed E-state index contributed by atoms with van der Waals surface area (Å²) in [5.41, 5.74) is 0. The van der Waals surface area contributed by atoms with Gasteiger partial charge in [-0.05, 0) is 18.6 Å². The molecule has 1 aromatic rings. The van der Waals surface area contributed by atoms with Crippen molar-refractivity contribution in [3.8, 4) is 5.75 Å². The molecule has 106 valence electrons. The Bertz CT molecular complexity index is 478. The smallest absolute Gasteiger partial charge is 0.338 e. The fourth-order valence-electron chi connectivity index (χ4n) is 1.27. The van der Waals surface area contributed by atoms with E-state index < -0.39 is 18.0 Å². The summed E-state index contributed by atoms with van der Waals surface area (Å²) in [5, 5.41) is 9.64. The summed E-state index contributed by atoms with van der Waals surface area (Å²) in [7, 11) is 0. The Labute approximate surface area is 117 Å². The van der Waals surface area contributed by atoms with Crippen LogP contribution in [0.1, 0.15) is 6.42 Å². The van der Waals surface area contributed by atoms with Crippen LogP contribution in [-0.4, -0.2) is 29.8 Å². The SMILES string of the molecule is C=CC(=O)OC(=O)C=CCC(O)COc1ccccc1. The van der Waals surface area contributed by atoms with Crippen LogP contribution in [0.25, 0.3) is 0 Å². The summed E-state index contributed by atoms with van der Waals surface area (Å²) >= 11 is 0. The van der Waals surface area contributed by atoms with Crippen LogP contribution in [0.3, 0.4) is 0 Å². The second kappa shape index (κ2) is 8.66. The number of rotatable bonds is 7. The first-order valence-electron chi connectivity index (χ1n) is 6.02. The molecule has 0 spiro atoms. The van der Waals surface area contributed by atoms with E-state index >= 15 is 0 Å². The lowest BCUT2D eigenvalue weighted by Gasteiger charge is -2.10. The molecule has 0 aliphatic carbocycles. The molecule has 5 heteroatoms. The van der Waals surface area contributed by atoms with E-state index in [4.69, 9.17) is 4.74 Å². The fraction of sp³-hybridized carbons (Fsp3) is 0.200. The molecule has 0 saturated carbocycles. The van der Waals surface area contributed by atoms with Gasteiger partial charge in [-0.2, -0.15) is 0 Å². The lowest BCUT2D eigenvalue weighted by molar-refractivity contribution is -0.152. The van der Waals surface area contributed by atoms with E-state index in [0.29, 0.717) is 5.75 Å². The van der Waals surface area contributed by atoms with E-state index in [0.717, 1.165) is 12.2 Å². The van der Waals surface area contributed by atoms with Gasteiger partial charge in [0.25, 0.3) is 0 Å². The Morgan fingerprint density at radius 3 is 2.60 bits per heavy atom. The van der Waals surface area contributed by atoms with Gasteiger partial charge in [0.2, 0.25) is 0 Å². The molecule has 1 N–H and O–H groups in total. The number of aliphatic hydroxyl groups excluding tert-OH is 1. The Morgan fingerprint density at radius 2 is 1.95 bits per heavy atom. The van der Waals surface area contributed by atoms with Crippen molar-refractivity contribution in [3.05, 3.63) is 55.1 Å². The number of para-hydroxylation sites is 1. The fourth-order valence-corrected chi connectivity index (χ4v) is 1.27.